The third-order valence-electron chi connectivity index (χ3n) is 6.23. The molecule has 3 fully saturated rings. The number of carbonyl (C=O) groups is 4. The molecule has 4 atom stereocenters. The van der Waals surface area contributed by atoms with Gasteiger partial charge in [-0.1, -0.05) is 18.2 Å². The number of likely N-dealkylation sites (tertiary alicyclic amines) is 1. The van der Waals surface area contributed by atoms with Crippen molar-refractivity contribution in [2.24, 2.45) is 0 Å². The molecule has 9 heteroatoms. The maximum absolute atomic E-state index is 13.4. The Morgan fingerprint density at radius 1 is 1.10 bits per heavy atom. The number of amides is 4. The maximum Gasteiger partial charge on any atom is 0.290 e. The Balaban J connectivity index is 1.34. The number of fused-ring (bicyclic) bond motifs is 2. The first-order valence-corrected chi connectivity index (χ1v) is 10.3. The molecular formula is C22H22N4O5. The van der Waals surface area contributed by atoms with Gasteiger partial charge in [0.05, 0.1) is 12.3 Å². The van der Waals surface area contributed by atoms with E-state index in [1.54, 1.807) is 36.4 Å². The summed E-state index contributed by atoms with van der Waals surface area (Å²) in [5.41, 5.74) is 0.520. The maximum atomic E-state index is 13.4. The van der Waals surface area contributed by atoms with Crippen molar-refractivity contribution in [3.05, 3.63) is 60.1 Å². The van der Waals surface area contributed by atoms with Crippen molar-refractivity contribution in [1.82, 2.24) is 20.4 Å². The molecule has 4 amide bonds. The smallest absolute Gasteiger partial charge is 0.290 e. The zero-order valence-corrected chi connectivity index (χ0v) is 16.7. The lowest BCUT2D eigenvalue weighted by molar-refractivity contribution is -0.138. The minimum atomic E-state index is -0.782. The summed E-state index contributed by atoms with van der Waals surface area (Å²) in [4.78, 5) is 54.6. The predicted octanol–water partition coefficient (Wildman–Crippen LogP) is 0.392. The second-order valence-corrected chi connectivity index (χ2v) is 8.10. The van der Waals surface area contributed by atoms with Gasteiger partial charge in [-0.2, -0.15) is 0 Å². The van der Waals surface area contributed by atoms with Gasteiger partial charge < -0.3 is 24.9 Å². The number of nitrogens with one attached hydrogen (secondary N) is 2. The number of benzene rings is 1. The zero-order chi connectivity index (χ0) is 21.5. The normalized spacial score (nSPS) is 27.4. The molecule has 9 nitrogen and oxygen atoms in total. The van der Waals surface area contributed by atoms with Crippen LogP contribution < -0.4 is 10.6 Å². The van der Waals surface area contributed by atoms with Gasteiger partial charge in [-0.3, -0.25) is 19.2 Å². The topological polar surface area (TPSA) is 112 Å². The first-order chi connectivity index (χ1) is 15.0. The Labute approximate surface area is 178 Å². The third-order valence-corrected chi connectivity index (χ3v) is 6.23. The van der Waals surface area contributed by atoms with Crippen molar-refractivity contribution in [1.29, 1.82) is 0 Å². The Hall–Kier alpha value is -3.62. The standard InChI is InChI=1S/C22H22N4O5/c27-19(13-5-2-1-3-6-13)23-14-11-16-20(28)24-15-8-9-25(18(15)22(30)26(16)12-14)21(29)17-7-4-10-31-17/h1-7,10,14-16,18H,8-9,11-12H2,(H,23,27)(H,24,28)/t14-,15-,16+,18-/m0/s1. The highest BCUT2D eigenvalue weighted by molar-refractivity contribution is 6.00. The Morgan fingerprint density at radius 3 is 2.65 bits per heavy atom. The van der Waals surface area contributed by atoms with Crippen molar-refractivity contribution < 1.29 is 23.6 Å². The molecule has 31 heavy (non-hydrogen) atoms. The first kappa shape index (κ1) is 19.3. The number of rotatable bonds is 3. The van der Waals surface area contributed by atoms with Gasteiger partial charge in [0.1, 0.15) is 12.1 Å². The molecule has 1 aromatic carbocycles. The summed E-state index contributed by atoms with van der Waals surface area (Å²) in [7, 11) is 0. The number of carbonyl (C=O) groups excluding carboxylic acids is 4. The molecule has 160 valence electrons. The Kier molecular flexibility index (Phi) is 4.72. The van der Waals surface area contributed by atoms with Gasteiger partial charge in [0, 0.05) is 24.7 Å². The molecule has 0 aliphatic carbocycles. The van der Waals surface area contributed by atoms with Crippen LogP contribution in [0.3, 0.4) is 0 Å². The zero-order valence-electron chi connectivity index (χ0n) is 16.7. The molecule has 5 rings (SSSR count). The van der Waals surface area contributed by atoms with E-state index in [1.807, 2.05) is 6.07 Å². The van der Waals surface area contributed by atoms with Gasteiger partial charge in [0.15, 0.2) is 5.76 Å². The molecule has 0 saturated carbocycles. The van der Waals surface area contributed by atoms with E-state index in [2.05, 4.69) is 10.6 Å². The fourth-order valence-electron chi connectivity index (χ4n) is 4.76. The SMILES string of the molecule is O=C(N[C@H]1C[C@@H]2C(=O)N[C@H]3CCN(C(=O)c4ccco4)[C@@H]3C(=O)N2C1)c1ccccc1. The summed E-state index contributed by atoms with van der Waals surface area (Å²) >= 11 is 0. The highest BCUT2D eigenvalue weighted by Gasteiger charge is 2.52. The van der Waals surface area contributed by atoms with Gasteiger partial charge in [-0.25, -0.2) is 0 Å². The molecule has 3 aliphatic rings. The fourth-order valence-corrected chi connectivity index (χ4v) is 4.76. The van der Waals surface area contributed by atoms with Crippen molar-refractivity contribution >= 4 is 23.6 Å². The van der Waals surface area contributed by atoms with Crippen LogP contribution in [0.4, 0.5) is 0 Å². The van der Waals surface area contributed by atoms with E-state index in [-0.39, 0.29) is 42.0 Å². The van der Waals surface area contributed by atoms with E-state index < -0.39 is 18.1 Å². The van der Waals surface area contributed by atoms with Gasteiger partial charge in [0.2, 0.25) is 11.8 Å². The van der Waals surface area contributed by atoms with E-state index >= 15 is 0 Å². The molecule has 2 N–H and O–H groups in total. The quantitative estimate of drug-likeness (QED) is 0.743. The second-order valence-electron chi connectivity index (χ2n) is 8.10. The lowest BCUT2D eigenvalue weighted by atomic mass is 10.1. The molecule has 4 heterocycles. The van der Waals surface area contributed by atoms with Crippen molar-refractivity contribution in [3.8, 4) is 0 Å². The molecule has 1 aromatic heterocycles. The van der Waals surface area contributed by atoms with Crippen molar-refractivity contribution in [3.63, 3.8) is 0 Å². The van der Waals surface area contributed by atoms with Crippen LogP contribution in [0.1, 0.15) is 33.8 Å². The van der Waals surface area contributed by atoms with Gasteiger partial charge in [-0.15, -0.1) is 0 Å². The van der Waals surface area contributed by atoms with E-state index in [1.165, 1.54) is 16.1 Å². The van der Waals surface area contributed by atoms with Gasteiger partial charge in [-0.05, 0) is 37.1 Å². The summed E-state index contributed by atoms with van der Waals surface area (Å²) in [5, 5.41) is 5.86. The number of hydrogen-bond donors (Lipinski definition) is 2. The van der Waals surface area contributed by atoms with E-state index in [0.717, 1.165) is 0 Å². The average Bonchev–Trinajstić information content (AvgIpc) is 3.52. The summed E-state index contributed by atoms with van der Waals surface area (Å²) in [5.74, 6) is -0.974. The van der Waals surface area contributed by atoms with Crippen LogP contribution in [0.25, 0.3) is 0 Å². The van der Waals surface area contributed by atoms with Crippen LogP contribution in [-0.2, 0) is 9.59 Å². The lowest BCUT2D eigenvalue weighted by Crippen LogP contribution is -2.52. The highest BCUT2D eigenvalue weighted by atomic mass is 16.3. The minimum absolute atomic E-state index is 0.162. The van der Waals surface area contributed by atoms with E-state index in [4.69, 9.17) is 4.42 Å². The summed E-state index contributed by atoms with van der Waals surface area (Å²) < 4.78 is 5.21. The van der Waals surface area contributed by atoms with Crippen LogP contribution >= 0.6 is 0 Å². The molecule has 2 aromatic rings. The third kappa shape index (κ3) is 3.35. The summed E-state index contributed by atoms with van der Waals surface area (Å²) in [6.45, 7) is 0.578. The first-order valence-electron chi connectivity index (χ1n) is 10.3. The molecule has 3 saturated heterocycles. The predicted molar refractivity (Wildman–Crippen MR) is 108 cm³/mol. The van der Waals surface area contributed by atoms with E-state index in [9.17, 15) is 19.2 Å². The molecule has 0 unspecified atom stereocenters. The lowest BCUT2D eigenvalue weighted by Gasteiger charge is -2.28. The van der Waals surface area contributed by atoms with Crippen LogP contribution in [0.15, 0.2) is 53.1 Å². The van der Waals surface area contributed by atoms with Gasteiger partial charge in [0.25, 0.3) is 11.8 Å². The number of furan rings is 1. The van der Waals surface area contributed by atoms with E-state index in [0.29, 0.717) is 24.9 Å². The minimum Gasteiger partial charge on any atom is -0.459 e. The fraction of sp³-hybridized carbons (Fsp3) is 0.364. The van der Waals surface area contributed by atoms with Crippen molar-refractivity contribution in [2.75, 3.05) is 13.1 Å². The van der Waals surface area contributed by atoms with Crippen LogP contribution in [0.2, 0.25) is 0 Å². The number of nitrogens with zero attached hydrogens (tertiary/aromatic N) is 2. The second kappa shape index (κ2) is 7.57. The Bertz CT molecular complexity index is 1020. The van der Waals surface area contributed by atoms with Crippen LogP contribution in [0, 0.1) is 0 Å². The van der Waals surface area contributed by atoms with Crippen molar-refractivity contribution in [2.45, 2.75) is 37.0 Å². The molecule has 0 spiro atoms. The summed E-state index contributed by atoms with van der Waals surface area (Å²) in [6.07, 6.45) is 2.25. The molecule has 0 bridgehead atoms. The Morgan fingerprint density at radius 2 is 1.90 bits per heavy atom. The van der Waals surface area contributed by atoms with Crippen LogP contribution in [0.5, 0.6) is 0 Å². The average molecular weight is 422 g/mol. The van der Waals surface area contributed by atoms with Crippen LogP contribution in [-0.4, -0.2) is 70.7 Å². The summed E-state index contributed by atoms with van der Waals surface area (Å²) in [6, 6.07) is 9.75. The van der Waals surface area contributed by atoms with Gasteiger partial charge >= 0.3 is 0 Å². The number of hydrogen-bond acceptors (Lipinski definition) is 5. The molecule has 3 aliphatic heterocycles. The molecule has 0 radical (unpaired) electrons. The monoisotopic (exact) mass is 422 g/mol. The largest absolute Gasteiger partial charge is 0.459 e. The highest BCUT2D eigenvalue weighted by Crippen LogP contribution is 2.30. The molecular weight excluding hydrogens is 400 g/mol.